The fourth-order valence-corrected chi connectivity index (χ4v) is 2.09. The molecule has 2 aromatic carbocycles. The highest BCUT2D eigenvalue weighted by Crippen LogP contribution is 2.25. The molecule has 0 spiro atoms. The molecule has 0 heterocycles. The molecule has 0 saturated heterocycles. The van der Waals surface area contributed by atoms with Crippen molar-refractivity contribution in [3.8, 4) is 5.75 Å². The number of ether oxygens (including phenoxy) is 2. The Morgan fingerprint density at radius 2 is 1.88 bits per heavy atom. The van der Waals surface area contributed by atoms with Crippen molar-refractivity contribution in [1.29, 1.82) is 0 Å². The molecule has 0 aromatic heterocycles. The number of aliphatic hydroxyl groups excluding tert-OH is 1. The van der Waals surface area contributed by atoms with Gasteiger partial charge in [0.25, 0.3) is 0 Å². The molecule has 0 unspecified atom stereocenters. The number of ketones is 1. The molecule has 0 saturated carbocycles. The first kappa shape index (κ1) is 17.6. The minimum Gasteiger partial charge on any atom is -0.502 e. The maximum Gasteiger partial charge on any atom is 0.373 e. The van der Waals surface area contributed by atoms with E-state index in [1.807, 2.05) is 30.3 Å². The van der Waals surface area contributed by atoms with Gasteiger partial charge in [0.15, 0.2) is 5.78 Å². The summed E-state index contributed by atoms with van der Waals surface area (Å²) in [6.45, 7) is 0.259. The average Bonchev–Trinajstić information content (AvgIpc) is 2.60. The normalized spacial score (nSPS) is 11.0. The molecule has 0 atom stereocenters. The smallest absolute Gasteiger partial charge is 0.373 e. The van der Waals surface area contributed by atoms with Gasteiger partial charge in [0.2, 0.25) is 5.76 Å². The second-order valence-corrected chi connectivity index (χ2v) is 5.24. The summed E-state index contributed by atoms with van der Waals surface area (Å²) in [6.07, 6.45) is 0.771. The van der Waals surface area contributed by atoms with Crippen molar-refractivity contribution in [2.24, 2.45) is 0 Å². The Balaban J connectivity index is 2.24. The highest BCUT2D eigenvalue weighted by atomic mass is 35.5. The number of carbonyl (C=O) groups is 2. The second-order valence-electron chi connectivity index (χ2n) is 4.80. The Morgan fingerprint density at radius 3 is 2.54 bits per heavy atom. The summed E-state index contributed by atoms with van der Waals surface area (Å²) in [5.74, 6) is -2.13. The van der Waals surface area contributed by atoms with Gasteiger partial charge in [0.1, 0.15) is 12.4 Å². The third kappa shape index (κ3) is 4.60. The van der Waals surface area contributed by atoms with E-state index in [1.165, 1.54) is 6.07 Å². The van der Waals surface area contributed by atoms with Crippen LogP contribution in [-0.2, 0) is 16.1 Å². The Labute approximate surface area is 144 Å². The van der Waals surface area contributed by atoms with E-state index >= 15 is 0 Å². The summed E-state index contributed by atoms with van der Waals surface area (Å²) in [6, 6.07) is 14.0. The first-order chi connectivity index (χ1) is 11.5. The maximum absolute atomic E-state index is 12.3. The molecule has 0 fully saturated rings. The molecular formula is C18H15ClO5. The summed E-state index contributed by atoms with van der Waals surface area (Å²) in [7, 11) is 1.10. The molecule has 24 heavy (non-hydrogen) atoms. The molecule has 0 amide bonds. The molecule has 2 aromatic rings. The Kier molecular flexibility index (Phi) is 5.98. The van der Waals surface area contributed by atoms with E-state index in [4.69, 9.17) is 16.3 Å². The van der Waals surface area contributed by atoms with Crippen molar-refractivity contribution < 1.29 is 24.2 Å². The van der Waals surface area contributed by atoms with Crippen molar-refractivity contribution in [2.45, 2.75) is 6.61 Å². The van der Waals surface area contributed by atoms with E-state index in [2.05, 4.69) is 4.74 Å². The standard InChI is InChI=1S/C18H15ClO5/c1-23-18(22)16(21)10-15(20)14-9-13(19)7-8-17(14)24-11-12-5-3-2-4-6-12/h2-10,21H,11H2,1H3/b16-10-. The lowest BCUT2D eigenvalue weighted by Gasteiger charge is -2.10. The largest absolute Gasteiger partial charge is 0.502 e. The minimum absolute atomic E-state index is 0.133. The lowest BCUT2D eigenvalue weighted by molar-refractivity contribution is -0.139. The van der Waals surface area contributed by atoms with Crippen LogP contribution in [0.3, 0.4) is 0 Å². The summed E-state index contributed by atoms with van der Waals surface area (Å²) in [5.41, 5.74) is 1.06. The molecule has 0 aliphatic carbocycles. The number of allylic oxidation sites excluding steroid dienone is 1. The number of halogens is 1. The van der Waals surface area contributed by atoms with E-state index in [9.17, 15) is 14.7 Å². The van der Waals surface area contributed by atoms with Crippen LogP contribution in [0.4, 0.5) is 0 Å². The van der Waals surface area contributed by atoms with Crippen LogP contribution in [0, 0.1) is 0 Å². The number of carbonyl (C=O) groups excluding carboxylic acids is 2. The zero-order chi connectivity index (χ0) is 17.5. The van der Waals surface area contributed by atoms with Crippen LogP contribution in [0.1, 0.15) is 15.9 Å². The predicted molar refractivity (Wildman–Crippen MR) is 89.3 cm³/mol. The fraction of sp³-hybridized carbons (Fsp3) is 0.111. The average molecular weight is 347 g/mol. The zero-order valence-corrected chi connectivity index (χ0v) is 13.6. The topological polar surface area (TPSA) is 72.8 Å². The summed E-state index contributed by atoms with van der Waals surface area (Å²) >= 11 is 5.92. The van der Waals surface area contributed by atoms with Crippen molar-refractivity contribution in [2.75, 3.05) is 7.11 Å². The van der Waals surface area contributed by atoms with Gasteiger partial charge >= 0.3 is 5.97 Å². The van der Waals surface area contributed by atoms with Crippen molar-refractivity contribution in [3.63, 3.8) is 0 Å². The van der Waals surface area contributed by atoms with Gasteiger partial charge in [-0.1, -0.05) is 41.9 Å². The highest BCUT2D eigenvalue weighted by Gasteiger charge is 2.16. The molecule has 6 heteroatoms. The molecule has 1 N–H and O–H groups in total. The van der Waals surface area contributed by atoms with Gasteiger partial charge in [-0.05, 0) is 23.8 Å². The Hall–Kier alpha value is -2.79. The van der Waals surface area contributed by atoms with E-state index in [0.717, 1.165) is 18.7 Å². The summed E-state index contributed by atoms with van der Waals surface area (Å²) in [4.78, 5) is 23.5. The van der Waals surface area contributed by atoms with Crippen LogP contribution in [-0.4, -0.2) is 24.0 Å². The maximum atomic E-state index is 12.3. The number of benzene rings is 2. The number of hydrogen-bond acceptors (Lipinski definition) is 5. The third-order valence-corrected chi connectivity index (χ3v) is 3.34. The third-order valence-electron chi connectivity index (χ3n) is 3.11. The predicted octanol–water partition coefficient (Wildman–Crippen LogP) is 3.72. The number of esters is 1. The molecule has 0 bridgehead atoms. The summed E-state index contributed by atoms with van der Waals surface area (Å²) in [5, 5.41) is 9.84. The van der Waals surface area contributed by atoms with E-state index in [1.54, 1.807) is 12.1 Å². The fourth-order valence-electron chi connectivity index (χ4n) is 1.92. The number of hydrogen-bond donors (Lipinski definition) is 1. The van der Waals surface area contributed by atoms with Gasteiger partial charge in [-0.15, -0.1) is 0 Å². The lowest BCUT2D eigenvalue weighted by Crippen LogP contribution is -2.08. The van der Waals surface area contributed by atoms with E-state index in [-0.39, 0.29) is 12.2 Å². The molecule has 0 aliphatic heterocycles. The van der Waals surface area contributed by atoms with E-state index < -0.39 is 17.5 Å². The molecule has 2 rings (SSSR count). The monoisotopic (exact) mass is 346 g/mol. The van der Waals surface area contributed by atoms with Crippen LogP contribution in [0.5, 0.6) is 5.75 Å². The molecule has 0 radical (unpaired) electrons. The van der Waals surface area contributed by atoms with Gasteiger partial charge in [-0.2, -0.15) is 0 Å². The first-order valence-corrected chi connectivity index (χ1v) is 7.38. The molecule has 0 aliphatic rings. The van der Waals surface area contributed by atoms with Gasteiger partial charge in [-0.3, -0.25) is 4.79 Å². The highest BCUT2D eigenvalue weighted by molar-refractivity contribution is 6.31. The summed E-state index contributed by atoms with van der Waals surface area (Å²) < 4.78 is 10.0. The minimum atomic E-state index is -1.00. The molecule has 124 valence electrons. The van der Waals surface area contributed by atoms with Crippen LogP contribution in [0.25, 0.3) is 0 Å². The van der Waals surface area contributed by atoms with E-state index in [0.29, 0.717) is 10.8 Å². The Bertz CT molecular complexity index is 768. The molecule has 5 nitrogen and oxygen atoms in total. The SMILES string of the molecule is COC(=O)/C(O)=C/C(=O)c1cc(Cl)ccc1OCc1ccccc1. The Morgan fingerprint density at radius 1 is 1.17 bits per heavy atom. The number of rotatable bonds is 6. The van der Waals surface area contributed by atoms with Gasteiger partial charge in [-0.25, -0.2) is 4.79 Å². The van der Waals surface area contributed by atoms with Gasteiger partial charge < -0.3 is 14.6 Å². The van der Waals surface area contributed by atoms with Crippen LogP contribution in [0.2, 0.25) is 5.02 Å². The van der Waals surface area contributed by atoms with Crippen LogP contribution in [0.15, 0.2) is 60.4 Å². The van der Waals surface area contributed by atoms with Gasteiger partial charge in [0, 0.05) is 11.1 Å². The van der Waals surface area contributed by atoms with Crippen LogP contribution < -0.4 is 4.74 Å². The zero-order valence-electron chi connectivity index (χ0n) is 12.9. The van der Waals surface area contributed by atoms with Crippen LogP contribution >= 0.6 is 11.6 Å². The quantitative estimate of drug-likeness (QED) is 0.373. The van der Waals surface area contributed by atoms with Crippen molar-refractivity contribution >= 4 is 23.4 Å². The number of methoxy groups -OCH3 is 1. The second kappa shape index (κ2) is 8.17. The molecular weight excluding hydrogens is 332 g/mol. The first-order valence-electron chi connectivity index (χ1n) is 7.01. The van der Waals surface area contributed by atoms with Crippen molar-refractivity contribution in [1.82, 2.24) is 0 Å². The van der Waals surface area contributed by atoms with Crippen molar-refractivity contribution in [3.05, 3.63) is 76.5 Å². The number of aliphatic hydroxyl groups is 1. The lowest BCUT2D eigenvalue weighted by atomic mass is 10.1. The van der Waals surface area contributed by atoms with Gasteiger partial charge in [0.05, 0.1) is 12.7 Å².